The van der Waals surface area contributed by atoms with E-state index in [1.54, 1.807) is 0 Å². The van der Waals surface area contributed by atoms with Gasteiger partial charge in [-0.2, -0.15) is 0 Å². The average molecular weight is 1270 g/mol. The van der Waals surface area contributed by atoms with Crippen LogP contribution in [0.4, 0.5) is 0 Å². The molecule has 0 aromatic rings. The molecule has 0 N–H and O–H groups in total. The Morgan fingerprint density at radius 2 is 0.365 bits per heavy atom. The maximum absolute atomic E-state index is 15.3. The zero-order chi connectivity index (χ0) is 61.2. The third-order valence-electron chi connectivity index (χ3n) is 17.0. The third-order valence-corrected chi connectivity index (χ3v) is 21.5. The highest BCUT2D eigenvalue weighted by atomic mass is 31.2. The van der Waals surface area contributed by atoms with Crippen molar-refractivity contribution in [3.8, 4) is 0 Å². The van der Waals surface area contributed by atoms with Gasteiger partial charge in [0, 0.05) is 0 Å². The van der Waals surface area contributed by atoms with Crippen molar-refractivity contribution in [3.63, 3.8) is 0 Å². The highest BCUT2D eigenvalue weighted by molar-refractivity contribution is 7.49. The molecule has 4 aliphatic rings. The summed E-state index contributed by atoms with van der Waals surface area (Å²) in [5, 5.41) is 0. The second-order valence-corrected chi connectivity index (χ2v) is 29.9. The van der Waals surface area contributed by atoms with Crippen molar-refractivity contribution in [2.24, 2.45) is 0 Å². The molecule has 3 saturated heterocycles. The minimum atomic E-state index is -4.37. The van der Waals surface area contributed by atoms with E-state index >= 15 is 13.7 Å². The molecule has 0 aromatic carbocycles. The fraction of sp³-hybridized carbons (Fsp3) is 1.00. The van der Waals surface area contributed by atoms with Crippen LogP contribution in [-0.4, -0.2) is 82.7 Å². The van der Waals surface area contributed by atoms with Crippen molar-refractivity contribution in [3.05, 3.63) is 0 Å². The first-order valence-corrected chi connectivity index (χ1v) is 40.7. The van der Waals surface area contributed by atoms with Crippen LogP contribution in [0.25, 0.3) is 0 Å². The molecule has 0 unspecified atom stereocenters. The molecule has 4 bridgehead atoms. The fourth-order valence-corrected chi connectivity index (χ4v) is 16.0. The predicted molar refractivity (Wildman–Crippen MR) is 347 cm³/mol. The van der Waals surface area contributed by atoms with Gasteiger partial charge in [0.1, 0.15) is 36.6 Å². The van der Waals surface area contributed by atoms with Gasteiger partial charge in [-0.15, -0.1) is 0 Å². The Hall–Kier alpha value is 0.210. The molecule has 18 heteroatoms. The monoisotopic (exact) mass is 1270 g/mol. The molecule has 1 aliphatic carbocycles. The van der Waals surface area contributed by atoms with E-state index in [9.17, 15) is 0 Å². The van der Waals surface area contributed by atoms with Crippen molar-refractivity contribution in [2.75, 3.05) is 39.6 Å². The summed E-state index contributed by atoms with van der Waals surface area (Å²) >= 11 is 0. The van der Waals surface area contributed by atoms with Gasteiger partial charge in [0.2, 0.25) is 0 Å². The minimum Gasteiger partial charge on any atom is -0.321 e. The van der Waals surface area contributed by atoms with Gasteiger partial charge >= 0.3 is 23.5 Å². The lowest BCUT2D eigenvalue weighted by molar-refractivity contribution is -0.476. The standard InChI is InChI=1S/C67H133O15P3/c1-7-13-19-25-31-37-43-49-55-71-83(68,72-56-50-44-38-32-26-20-14-8-2)80-64-61-65(81-84(69,73-57-51-45-39-33-27-21-15-9-3)74-58-52-46-40-34-28-22-16-10-4)63-66(62(64)78-67(77-61)79-63)82-85(70,75-59-53-47-41-35-29-23-17-11-5)76-60-54-48-42-36-30-24-18-12-6/h61-67H,7-60H2,1-6H3. The van der Waals surface area contributed by atoms with Crippen LogP contribution in [-0.2, 0) is 68.6 Å². The first kappa shape index (κ1) is 79.4. The summed E-state index contributed by atoms with van der Waals surface area (Å²) in [4.78, 5) is 0. The molecule has 4 rings (SSSR count). The second-order valence-electron chi connectivity index (χ2n) is 25.0. The van der Waals surface area contributed by atoms with Gasteiger partial charge in [0.15, 0.2) is 0 Å². The number of phosphoric acid groups is 3. The van der Waals surface area contributed by atoms with Gasteiger partial charge in [-0.25, -0.2) is 13.7 Å². The van der Waals surface area contributed by atoms with Crippen LogP contribution >= 0.6 is 23.5 Å². The Kier molecular flexibility index (Phi) is 49.2. The molecule has 0 spiro atoms. The summed E-state index contributed by atoms with van der Waals surface area (Å²) < 4.78 is 123. The first-order valence-electron chi connectivity index (χ1n) is 36.3. The number of ether oxygens (including phenoxy) is 3. The van der Waals surface area contributed by atoms with Crippen LogP contribution in [0.15, 0.2) is 0 Å². The summed E-state index contributed by atoms with van der Waals surface area (Å²) in [6.07, 6.45) is 44.9. The van der Waals surface area contributed by atoms with E-state index in [-0.39, 0.29) is 39.6 Å². The van der Waals surface area contributed by atoms with E-state index in [0.29, 0.717) is 38.5 Å². The van der Waals surface area contributed by atoms with Gasteiger partial charge < -0.3 is 14.2 Å². The number of hydrogen-bond acceptors (Lipinski definition) is 15. The summed E-state index contributed by atoms with van der Waals surface area (Å²) in [5.74, 6) is 0. The molecule has 0 atom stereocenters. The highest BCUT2D eigenvalue weighted by Crippen LogP contribution is 2.61. The van der Waals surface area contributed by atoms with Gasteiger partial charge in [-0.3, -0.25) is 40.7 Å². The van der Waals surface area contributed by atoms with Crippen LogP contribution in [0.1, 0.15) is 350 Å². The summed E-state index contributed by atoms with van der Waals surface area (Å²) in [6, 6.07) is 0. The predicted octanol–water partition coefficient (Wildman–Crippen LogP) is 22.9. The highest BCUT2D eigenvalue weighted by Gasteiger charge is 2.67. The van der Waals surface area contributed by atoms with Crippen molar-refractivity contribution in [1.82, 2.24) is 0 Å². The Morgan fingerprint density at radius 3 is 0.518 bits per heavy atom. The smallest absolute Gasteiger partial charge is 0.321 e. The van der Waals surface area contributed by atoms with E-state index in [4.69, 9.17) is 54.9 Å². The lowest BCUT2D eigenvalue weighted by Gasteiger charge is -2.58. The second kappa shape index (κ2) is 52.7. The lowest BCUT2D eigenvalue weighted by atomic mass is 9.83. The van der Waals surface area contributed by atoms with Crippen LogP contribution in [0, 0.1) is 0 Å². The molecule has 15 nitrogen and oxygen atoms in total. The van der Waals surface area contributed by atoms with Gasteiger partial charge in [-0.05, 0) is 38.5 Å². The van der Waals surface area contributed by atoms with Crippen LogP contribution in [0.3, 0.4) is 0 Å². The normalized spacial score (nSPS) is 20.6. The van der Waals surface area contributed by atoms with Crippen LogP contribution < -0.4 is 0 Å². The molecule has 506 valence electrons. The molecule has 0 aromatic heterocycles. The average Bonchev–Trinajstić information content (AvgIpc) is 0.980. The Labute approximate surface area is 522 Å². The van der Waals surface area contributed by atoms with Crippen molar-refractivity contribution >= 4 is 23.5 Å². The van der Waals surface area contributed by atoms with Crippen LogP contribution in [0.5, 0.6) is 0 Å². The number of rotatable bonds is 66. The topological polar surface area (TPSA) is 162 Å². The molecule has 3 aliphatic heterocycles. The van der Waals surface area contributed by atoms with Crippen molar-refractivity contribution in [2.45, 2.75) is 393 Å². The largest absolute Gasteiger partial charge is 0.475 e. The summed E-state index contributed by atoms with van der Waals surface area (Å²) in [5.41, 5.74) is 0. The maximum Gasteiger partial charge on any atom is 0.475 e. The van der Waals surface area contributed by atoms with Crippen molar-refractivity contribution in [1.29, 1.82) is 0 Å². The zero-order valence-electron chi connectivity index (χ0n) is 55.7. The molecular weight excluding hydrogens is 1140 g/mol. The molecule has 0 amide bonds. The van der Waals surface area contributed by atoms with Gasteiger partial charge in [0.25, 0.3) is 6.48 Å². The lowest BCUT2D eigenvalue weighted by Crippen LogP contribution is -2.76. The van der Waals surface area contributed by atoms with E-state index < -0.39 is 66.6 Å². The molecule has 4 fully saturated rings. The fourth-order valence-electron chi connectivity index (χ4n) is 11.6. The van der Waals surface area contributed by atoms with Gasteiger partial charge in [-0.1, -0.05) is 311 Å². The summed E-state index contributed by atoms with van der Waals surface area (Å²) in [6.45, 7) is 13.1. The maximum atomic E-state index is 15.3. The molecule has 85 heavy (non-hydrogen) atoms. The van der Waals surface area contributed by atoms with E-state index in [1.807, 2.05) is 0 Å². The number of hydrogen-bond donors (Lipinski definition) is 0. The van der Waals surface area contributed by atoms with E-state index in [1.165, 1.54) is 154 Å². The Morgan fingerprint density at radius 1 is 0.224 bits per heavy atom. The SMILES string of the molecule is CCCCCCCCCCOP(=O)(OCCCCCCCCCC)OC1C2OC3OC1C(OP(=O)(OCCCCCCCCCC)OCCCCCCCCCC)C(O3)C2OP(=O)(OCCCCCCCCCC)OCCCCCCCCCC. The Bertz CT molecular complexity index is 1390. The third kappa shape index (κ3) is 37.5. The zero-order valence-corrected chi connectivity index (χ0v) is 58.4. The molecule has 3 heterocycles. The minimum absolute atomic E-state index is 0.157. The number of phosphoric ester groups is 3. The van der Waals surface area contributed by atoms with E-state index in [2.05, 4.69) is 41.5 Å². The van der Waals surface area contributed by atoms with E-state index in [0.717, 1.165) is 116 Å². The quantitative estimate of drug-likeness (QED) is 0.0417. The molecule has 1 saturated carbocycles. The van der Waals surface area contributed by atoms with Crippen LogP contribution in [0.2, 0.25) is 0 Å². The summed E-state index contributed by atoms with van der Waals surface area (Å²) in [7, 11) is -13.1. The van der Waals surface area contributed by atoms with Crippen molar-refractivity contribution < 1.29 is 68.6 Å². The first-order chi connectivity index (χ1) is 41.6. The molecular formula is C67H133O15P3. The van der Waals surface area contributed by atoms with Gasteiger partial charge in [0.05, 0.1) is 39.6 Å². The molecule has 0 radical (unpaired) electrons. The Balaban J connectivity index is 1.98. The number of unbranched alkanes of at least 4 members (excludes halogenated alkanes) is 42.